The van der Waals surface area contributed by atoms with E-state index in [4.69, 9.17) is 21.3 Å². The van der Waals surface area contributed by atoms with Crippen molar-refractivity contribution < 1.29 is 14.3 Å². The maximum Gasteiger partial charge on any atom is 0.341 e. The van der Waals surface area contributed by atoms with Crippen molar-refractivity contribution in [2.24, 2.45) is 4.99 Å². The predicted molar refractivity (Wildman–Crippen MR) is 121 cm³/mol. The molecule has 31 heavy (non-hydrogen) atoms. The molecule has 3 aromatic rings. The van der Waals surface area contributed by atoms with E-state index in [1.807, 2.05) is 60.7 Å². The third kappa shape index (κ3) is 4.44. The number of Topliss-reactive ketones (excluding diaryl/α,β-unsaturated/α-hetero) is 1. The lowest BCUT2D eigenvalue weighted by Gasteiger charge is -2.31. The first-order valence-corrected chi connectivity index (χ1v) is 10.5. The van der Waals surface area contributed by atoms with Crippen molar-refractivity contribution in [3.63, 3.8) is 0 Å². The molecule has 0 bridgehead atoms. The van der Waals surface area contributed by atoms with Crippen molar-refractivity contribution in [2.75, 3.05) is 0 Å². The molecule has 0 spiro atoms. The summed E-state index contributed by atoms with van der Waals surface area (Å²) in [6, 6.07) is 26.3. The van der Waals surface area contributed by atoms with Crippen LogP contribution in [-0.2, 0) is 20.7 Å². The largest absolute Gasteiger partial charge is 0.405 e. The second kappa shape index (κ2) is 8.86. The van der Waals surface area contributed by atoms with E-state index in [-0.39, 0.29) is 18.1 Å². The van der Waals surface area contributed by atoms with Crippen molar-refractivity contribution in [1.29, 1.82) is 0 Å². The van der Waals surface area contributed by atoms with E-state index in [1.54, 1.807) is 24.3 Å². The Hall–Kier alpha value is -3.24. The Morgan fingerprint density at radius 3 is 2.19 bits per heavy atom. The molecule has 0 aliphatic carbocycles. The first-order valence-electron chi connectivity index (χ1n) is 10.1. The minimum atomic E-state index is -1.25. The van der Waals surface area contributed by atoms with Crippen molar-refractivity contribution in [2.45, 2.75) is 31.2 Å². The lowest BCUT2D eigenvalue weighted by molar-refractivity contribution is -0.140. The molecule has 0 unspecified atom stereocenters. The summed E-state index contributed by atoms with van der Waals surface area (Å²) in [6.45, 7) is 1.54. The highest BCUT2D eigenvalue weighted by Crippen LogP contribution is 2.42. The Kier molecular flexibility index (Phi) is 6.01. The van der Waals surface area contributed by atoms with Crippen molar-refractivity contribution >= 4 is 29.3 Å². The molecule has 2 atom stereocenters. The van der Waals surface area contributed by atoms with Crippen LogP contribution in [0.25, 0.3) is 0 Å². The highest BCUT2D eigenvalue weighted by molar-refractivity contribution is 6.30. The number of rotatable bonds is 7. The van der Waals surface area contributed by atoms with E-state index >= 15 is 0 Å². The minimum Gasteiger partial charge on any atom is -0.405 e. The number of cyclic esters (lactones) is 1. The van der Waals surface area contributed by atoms with Gasteiger partial charge in [0.05, 0.1) is 0 Å². The fraction of sp³-hybridized carbons (Fsp3) is 0.192. The molecule has 4 nitrogen and oxygen atoms in total. The van der Waals surface area contributed by atoms with Crippen LogP contribution in [0, 0.1) is 0 Å². The summed E-state index contributed by atoms with van der Waals surface area (Å²) in [6.07, 6.45) is 0.514. The van der Waals surface area contributed by atoms with Crippen LogP contribution in [0.15, 0.2) is 89.9 Å². The average Bonchev–Trinajstić information content (AvgIpc) is 3.10. The molecule has 4 rings (SSSR count). The number of benzene rings is 3. The quantitative estimate of drug-likeness (QED) is 0.471. The summed E-state index contributed by atoms with van der Waals surface area (Å²) in [4.78, 5) is 30.6. The summed E-state index contributed by atoms with van der Waals surface area (Å²) >= 11 is 6.01. The molecule has 0 saturated carbocycles. The van der Waals surface area contributed by atoms with Crippen LogP contribution in [-0.4, -0.2) is 23.2 Å². The molecule has 0 N–H and O–H groups in total. The van der Waals surface area contributed by atoms with Crippen LogP contribution >= 0.6 is 11.6 Å². The molecular weight excluding hydrogens is 410 g/mol. The third-order valence-corrected chi connectivity index (χ3v) is 5.77. The van der Waals surface area contributed by atoms with Crippen LogP contribution in [0.3, 0.4) is 0 Å². The summed E-state index contributed by atoms with van der Waals surface area (Å²) in [5.41, 5.74) is 1.25. The predicted octanol–water partition coefficient (Wildman–Crippen LogP) is 5.39. The third-order valence-electron chi connectivity index (χ3n) is 5.52. The Balaban J connectivity index is 1.87. The van der Waals surface area contributed by atoms with Gasteiger partial charge in [-0.25, -0.2) is 9.79 Å². The van der Waals surface area contributed by atoms with E-state index in [2.05, 4.69) is 0 Å². The standard InChI is InChI=1S/C26H22ClNO3/c1-18(29)16-23(20-10-6-3-7-11-20)26(17-19-8-4-2-5-9-19)25(30)31-24(28-26)21-12-14-22(27)15-13-21/h2-15,23H,16-17H2,1H3/t23-,26-/m1/s1. The van der Waals surface area contributed by atoms with Gasteiger partial charge in [-0.2, -0.15) is 0 Å². The van der Waals surface area contributed by atoms with Crippen LogP contribution in [0.5, 0.6) is 0 Å². The average molecular weight is 432 g/mol. The first kappa shape index (κ1) is 21.0. The van der Waals surface area contributed by atoms with E-state index in [9.17, 15) is 9.59 Å². The van der Waals surface area contributed by atoms with Gasteiger partial charge in [0.1, 0.15) is 5.78 Å². The molecule has 0 aromatic heterocycles. The Morgan fingerprint density at radius 2 is 1.58 bits per heavy atom. The van der Waals surface area contributed by atoms with Gasteiger partial charge in [-0.3, -0.25) is 0 Å². The van der Waals surface area contributed by atoms with Gasteiger partial charge in [0.25, 0.3) is 0 Å². The fourth-order valence-electron chi connectivity index (χ4n) is 4.04. The summed E-state index contributed by atoms with van der Waals surface area (Å²) in [5.74, 6) is -0.661. The lowest BCUT2D eigenvalue weighted by atomic mass is 9.73. The lowest BCUT2D eigenvalue weighted by Crippen LogP contribution is -2.43. The van der Waals surface area contributed by atoms with Gasteiger partial charge >= 0.3 is 5.97 Å². The van der Waals surface area contributed by atoms with E-state index < -0.39 is 17.4 Å². The summed E-state index contributed by atoms with van der Waals surface area (Å²) in [7, 11) is 0. The summed E-state index contributed by atoms with van der Waals surface area (Å²) in [5, 5.41) is 0.586. The van der Waals surface area contributed by atoms with Crippen LogP contribution < -0.4 is 0 Å². The number of carbonyl (C=O) groups is 2. The smallest absolute Gasteiger partial charge is 0.341 e. The molecule has 0 fully saturated rings. The van der Waals surface area contributed by atoms with Crippen LogP contribution in [0.2, 0.25) is 5.02 Å². The molecule has 156 valence electrons. The molecule has 1 aliphatic heterocycles. The number of halogens is 1. The number of nitrogens with zero attached hydrogens (tertiary/aromatic N) is 1. The maximum absolute atomic E-state index is 13.5. The first-order chi connectivity index (χ1) is 15.0. The minimum absolute atomic E-state index is 0.00997. The molecule has 0 saturated heterocycles. The van der Waals surface area contributed by atoms with E-state index in [0.29, 0.717) is 17.0 Å². The van der Waals surface area contributed by atoms with E-state index in [0.717, 1.165) is 11.1 Å². The van der Waals surface area contributed by atoms with Gasteiger partial charge in [-0.15, -0.1) is 0 Å². The normalized spacial score (nSPS) is 18.9. The van der Waals surface area contributed by atoms with Crippen molar-refractivity contribution in [1.82, 2.24) is 0 Å². The van der Waals surface area contributed by atoms with Crippen LogP contribution in [0.4, 0.5) is 0 Å². The summed E-state index contributed by atoms with van der Waals surface area (Å²) < 4.78 is 5.72. The number of carbonyl (C=O) groups excluding carboxylic acids is 2. The second-order valence-corrected chi connectivity index (χ2v) is 8.21. The number of ketones is 1. The number of hydrogen-bond donors (Lipinski definition) is 0. The van der Waals surface area contributed by atoms with Gasteiger partial charge in [-0.1, -0.05) is 72.3 Å². The number of ether oxygens (including phenoxy) is 1. The highest BCUT2D eigenvalue weighted by Gasteiger charge is 2.53. The molecular formula is C26H22ClNO3. The number of hydrogen-bond acceptors (Lipinski definition) is 4. The molecule has 3 aromatic carbocycles. The molecule has 1 heterocycles. The maximum atomic E-state index is 13.5. The SMILES string of the molecule is CC(=O)C[C@H](c1ccccc1)[C@@]1(Cc2ccccc2)N=C(c2ccc(Cl)cc2)OC1=O. The molecule has 5 heteroatoms. The van der Waals surface area contributed by atoms with Gasteiger partial charge < -0.3 is 9.53 Å². The Labute approximate surface area is 186 Å². The highest BCUT2D eigenvalue weighted by atomic mass is 35.5. The molecule has 1 aliphatic rings. The zero-order valence-corrected chi connectivity index (χ0v) is 17.9. The Bertz CT molecular complexity index is 1110. The fourth-order valence-corrected chi connectivity index (χ4v) is 4.17. The van der Waals surface area contributed by atoms with Gasteiger partial charge in [0.2, 0.25) is 5.90 Å². The van der Waals surface area contributed by atoms with Crippen LogP contribution in [0.1, 0.15) is 36.0 Å². The second-order valence-electron chi connectivity index (χ2n) is 7.77. The van der Waals surface area contributed by atoms with Gasteiger partial charge in [0.15, 0.2) is 5.54 Å². The number of esters is 1. The van der Waals surface area contributed by atoms with Gasteiger partial charge in [0, 0.05) is 29.3 Å². The van der Waals surface area contributed by atoms with Gasteiger partial charge in [-0.05, 0) is 42.3 Å². The van der Waals surface area contributed by atoms with Crippen molar-refractivity contribution in [3.8, 4) is 0 Å². The number of aliphatic imine (C=N–C) groups is 1. The zero-order chi connectivity index (χ0) is 21.8. The van der Waals surface area contributed by atoms with Crippen molar-refractivity contribution in [3.05, 3.63) is 107 Å². The topological polar surface area (TPSA) is 55.7 Å². The molecule has 0 radical (unpaired) electrons. The zero-order valence-electron chi connectivity index (χ0n) is 17.1. The van der Waals surface area contributed by atoms with E-state index in [1.165, 1.54) is 6.92 Å². The monoisotopic (exact) mass is 431 g/mol. The Morgan fingerprint density at radius 1 is 0.968 bits per heavy atom. The molecule has 0 amide bonds.